The summed E-state index contributed by atoms with van der Waals surface area (Å²) in [7, 11) is 4.81. The van der Waals surface area contributed by atoms with E-state index in [4.69, 9.17) is 23.7 Å². The minimum Gasteiger partial charge on any atom is -0.496 e. The number of methoxy groups -OCH3 is 3. The van der Waals surface area contributed by atoms with Gasteiger partial charge in [0.1, 0.15) is 5.75 Å². The highest BCUT2D eigenvalue weighted by Crippen LogP contribution is 2.51. The van der Waals surface area contributed by atoms with Crippen molar-refractivity contribution in [2.75, 3.05) is 33.4 Å². The maximum absolute atomic E-state index is 13.4. The smallest absolute Gasteiger partial charge is 0.235 e. The number of hydrogen-bond acceptors (Lipinski definition) is 6. The van der Waals surface area contributed by atoms with Crippen LogP contribution in [0.25, 0.3) is 11.1 Å². The van der Waals surface area contributed by atoms with E-state index in [9.17, 15) is 4.79 Å². The second kappa shape index (κ2) is 8.48. The SMILES string of the molecule is COc1cc(OC)c(-c2cc(NC(=O)C3(c4ccc5c(c4)OCO5)CC3)ccc2C)cc1OC. The van der Waals surface area contributed by atoms with Crippen LogP contribution in [0.15, 0.2) is 48.5 Å². The van der Waals surface area contributed by atoms with Crippen LogP contribution >= 0.6 is 0 Å². The molecule has 7 heteroatoms. The summed E-state index contributed by atoms with van der Waals surface area (Å²) in [5.41, 5.74) is 3.94. The highest BCUT2D eigenvalue weighted by molar-refractivity contribution is 6.02. The first-order chi connectivity index (χ1) is 16.5. The van der Waals surface area contributed by atoms with Gasteiger partial charge >= 0.3 is 0 Å². The van der Waals surface area contributed by atoms with E-state index in [2.05, 4.69) is 5.32 Å². The average Bonchev–Trinajstić information content (AvgIpc) is 3.55. The fraction of sp³-hybridized carbons (Fsp3) is 0.296. The molecular formula is C27H27NO6. The molecule has 3 aromatic rings. The van der Waals surface area contributed by atoms with Crippen molar-refractivity contribution >= 4 is 11.6 Å². The molecule has 176 valence electrons. The molecule has 34 heavy (non-hydrogen) atoms. The lowest BCUT2D eigenvalue weighted by molar-refractivity contribution is -0.118. The fourth-order valence-corrected chi connectivity index (χ4v) is 4.45. The first-order valence-corrected chi connectivity index (χ1v) is 11.1. The minimum atomic E-state index is -0.549. The molecule has 3 aromatic carbocycles. The summed E-state index contributed by atoms with van der Waals surface area (Å²) in [4.78, 5) is 13.4. The monoisotopic (exact) mass is 461 g/mol. The second-order valence-electron chi connectivity index (χ2n) is 8.54. The Hall–Kier alpha value is -3.87. The number of carbonyl (C=O) groups is 1. The van der Waals surface area contributed by atoms with Gasteiger partial charge in [0.25, 0.3) is 0 Å². The first-order valence-electron chi connectivity index (χ1n) is 11.1. The summed E-state index contributed by atoms with van der Waals surface area (Å²) in [6, 6.07) is 15.3. The Bertz CT molecular complexity index is 1260. The van der Waals surface area contributed by atoms with Gasteiger partial charge in [0, 0.05) is 17.3 Å². The van der Waals surface area contributed by atoms with Crippen molar-refractivity contribution in [2.24, 2.45) is 0 Å². The predicted molar refractivity (Wildman–Crippen MR) is 128 cm³/mol. The summed E-state index contributed by atoms with van der Waals surface area (Å²) in [6.45, 7) is 2.23. The Labute approximate surface area is 198 Å². The van der Waals surface area contributed by atoms with Crippen LogP contribution in [0.5, 0.6) is 28.7 Å². The van der Waals surface area contributed by atoms with Crippen LogP contribution in [0.1, 0.15) is 24.0 Å². The van der Waals surface area contributed by atoms with E-state index < -0.39 is 5.41 Å². The van der Waals surface area contributed by atoms with Crippen molar-refractivity contribution in [2.45, 2.75) is 25.2 Å². The largest absolute Gasteiger partial charge is 0.496 e. The molecule has 0 atom stereocenters. The van der Waals surface area contributed by atoms with Gasteiger partial charge in [0.15, 0.2) is 23.0 Å². The maximum Gasteiger partial charge on any atom is 0.235 e. The van der Waals surface area contributed by atoms with E-state index in [1.54, 1.807) is 27.4 Å². The number of anilines is 1. The topological polar surface area (TPSA) is 75.3 Å². The van der Waals surface area contributed by atoms with E-state index in [1.165, 1.54) is 0 Å². The van der Waals surface area contributed by atoms with Crippen LogP contribution in [0.2, 0.25) is 0 Å². The van der Waals surface area contributed by atoms with Crippen molar-refractivity contribution < 1.29 is 28.5 Å². The summed E-state index contributed by atoms with van der Waals surface area (Å²) in [5.74, 6) is 3.22. The lowest BCUT2D eigenvalue weighted by Crippen LogP contribution is -2.27. The Balaban J connectivity index is 1.45. The highest BCUT2D eigenvalue weighted by atomic mass is 16.7. The third-order valence-electron chi connectivity index (χ3n) is 6.60. The summed E-state index contributed by atoms with van der Waals surface area (Å²) in [5, 5.41) is 3.13. The van der Waals surface area contributed by atoms with Crippen molar-refractivity contribution in [1.29, 1.82) is 0 Å². The molecule has 1 amide bonds. The summed E-state index contributed by atoms with van der Waals surface area (Å²) in [6.07, 6.45) is 1.58. The van der Waals surface area contributed by atoms with Crippen molar-refractivity contribution in [3.8, 4) is 39.9 Å². The Morgan fingerprint density at radius 1 is 0.824 bits per heavy atom. The lowest BCUT2D eigenvalue weighted by atomic mass is 9.94. The van der Waals surface area contributed by atoms with E-state index in [1.807, 2.05) is 49.4 Å². The zero-order valence-corrected chi connectivity index (χ0v) is 19.7. The number of carbonyl (C=O) groups excluding carboxylic acids is 1. The van der Waals surface area contributed by atoms with Crippen LogP contribution in [-0.2, 0) is 10.2 Å². The van der Waals surface area contributed by atoms with Gasteiger partial charge in [-0.15, -0.1) is 0 Å². The molecule has 1 N–H and O–H groups in total. The first kappa shape index (κ1) is 21.9. The van der Waals surface area contributed by atoms with Crippen molar-refractivity contribution in [3.05, 3.63) is 59.7 Å². The van der Waals surface area contributed by atoms with Crippen molar-refractivity contribution in [1.82, 2.24) is 0 Å². The number of fused-ring (bicyclic) bond motifs is 1. The quantitative estimate of drug-likeness (QED) is 0.529. The van der Waals surface area contributed by atoms with Gasteiger partial charge < -0.3 is 29.0 Å². The van der Waals surface area contributed by atoms with Gasteiger partial charge in [-0.25, -0.2) is 0 Å². The zero-order chi connectivity index (χ0) is 23.9. The van der Waals surface area contributed by atoms with Crippen LogP contribution < -0.4 is 29.0 Å². The Kier molecular flexibility index (Phi) is 5.48. The van der Waals surface area contributed by atoms with E-state index >= 15 is 0 Å². The number of rotatable bonds is 7. The molecule has 0 spiro atoms. The van der Waals surface area contributed by atoms with E-state index in [0.717, 1.165) is 40.8 Å². The Morgan fingerprint density at radius 3 is 2.24 bits per heavy atom. The van der Waals surface area contributed by atoms with Gasteiger partial charge in [-0.3, -0.25) is 4.79 Å². The van der Waals surface area contributed by atoms with Gasteiger partial charge in [0.2, 0.25) is 12.7 Å². The standard InChI is InChI=1S/C27H27NO6/c1-16-5-7-18(12-19(16)20-13-23(31-3)24(32-4)14-22(20)30-2)28-26(29)27(9-10-27)17-6-8-21-25(11-17)34-15-33-21/h5-8,11-14H,9-10,15H2,1-4H3,(H,28,29). The van der Waals surface area contributed by atoms with Crippen LogP contribution in [-0.4, -0.2) is 34.0 Å². The molecule has 1 aliphatic heterocycles. The molecule has 1 fully saturated rings. The number of aryl methyl sites for hydroxylation is 1. The molecule has 1 heterocycles. The molecule has 0 unspecified atom stereocenters. The highest BCUT2D eigenvalue weighted by Gasteiger charge is 2.51. The zero-order valence-electron chi connectivity index (χ0n) is 19.7. The normalized spacial score (nSPS) is 14.9. The minimum absolute atomic E-state index is 0.0274. The van der Waals surface area contributed by atoms with Gasteiger partial charge in [-0.2, -0.15) is 0 Å². The van der Waals surface area contributed by atoms with Gasteiger partial charge in [-0.05, 0) is 66.8 Å². The van der Waals surface area contributed by atoms with Crippen LogP contribution in [0.3, 0.4) is 0 Å². The predicted octanol–water partition coefficient (Wildman–Crippen LogP) is 5.09. The molecule has 2 aliphatic rings. The van der Waals surface area contributed by atoms with E-state index in [0.29, 0.717) is 28.7 Å². The number of hydrogen-bond donors (Lipinski definition) is 1. The molecular weight excluding hydrogens is 434 g/mol. The number of nitrogens with one attached hydrogen (secondary N) is 1. The molecule has 0 bridgehead atoms. The van der Waals surface area contributed by atoms with E-state index in [-0.39, 0.29) is 12.7 Å². The maximum atomic E-state index is 13.4. The lowest BCUT2D eigenvalue weighted by Gasteiger charge is -2.19. The second-order valence-corrected chi connectivity index (χ2v) is 8.54. The van der Waals surface area contributed by atoms with Crippen molar-refractivity contribution in [3.63, 3.8) is 0 Å². The third-order valence-corrected chi connectivity index (χ3v) is 6.60. The molecule has 7 nitrogen and oxygen atoms in total. The number of ether oxygens (including phenoxy) is 5. The average molecular weight is 462 g/mol. The van der Waals surface area contributed by atoms with Gasteiger partial charge in [0.05, 0.1) is 26.7 Å². The molecule has 0 saturated heterocycles. The van der Waals surface area contributed by atoms with Crippen LogP contribution in [0.4, 0.5) is 5.69 Å². The molecule has 1 saturated carbocycles. The summed E-state index contributed by atoms with van der Waals surface area (Å²) < 4.78 is 27.5. The van der Waals surface area contributed by atoms with Crippen LogP contribution in [0, 0.1) is 6.92 Å². The Morgan fingerprint density at radius 2 is 1.53 bits per heavy atom. The van der Waals surface area contributed by atoms with Gasteiger partial charge in [-0.1, -0.05) is 12.1 Å². The molecule has 5 rings (SSSR count). The number of benzene rings is 3. The molecule has 0 aromatic heterocycles. The summed E-state index contributed by atoms with van der Waals surface area (Å²) >= 11 is 0. The molecule has 0 radical (unpaired) electrons. The fourth-order valence-electron chi connectivity index (χ4n) is 4.45. The molecule has 1 aliphatic carbocycles. The number of amides is 1. The third kappa shape index (κ3) is 3.67.